The van der Waals surface area contributed by atoms with E-state index in [2.05, 4.69) is 0 Å². The van der Waals surface area contributed by atoms with Gasteiger partial charge in [-0.25, -0.2) is 0 Å². The highest BCUT2D eigenvalue weighted by atomic mass is 16.5. The van der Waals surface area contributed by atoms with Crippen molar-refractivity contribution in [2.75, 3.05) is 7.11 Å². The largest absolute Gasteiger partial charge is 0.508 e. The first-order chi connectivity index (χ1) is 13.6. The Morgan fingerprint density at radius 1 is 1.10 bits per heavy atom. The smallest absolute Gasteiger partial charge is 0.309 e. The zero-order chi connectivity index (χ0) is 22.1. The normalized spacial score (nSPS) is 17.6. The van der Waals surface area contributed by atoms with E-state index in [-0.39, 0.29) is 17.8 Å². The number of rotatable bonds is 12. The van der Waals surface area contributed by atoms with Gasteiger partial charge in [0.05, 0.1) is 30.7 Å². The number of carboxylic acid groups (broad SMARTS) is 1. The lowest BCUT2D eigenvalue weighted by Crippen LogP contribution is -2.37. The number of phenols is 1. The number of aliphatic hydroxyl groups excluding tert-OH is 2. The van der Waals surface area contributed by atoms with Gasteiger partial charge in [-0.3, -0.25) is 9.59 Å². The number of carbonyl (C=O) groups is 2. The molecular weight excluding hydrogens is 380 g/mol. The fourth-order valence-electron chi connectivity index (χ4n) is 3.12. The van der Waals surface area contributed by atoms with Crippen molar-refractivity contribution in [2.45, 2.75) is 64.4 Å². The van der Waals surface area contributed by atoms with Crippen LogP contribution in [0.5, 0.6) is 5.75 Å². The summed E-state index contributed by atoms with van der Waals surface area (Å²) in [5.41, 5.74) is 0.791. The molecule has 0 unspecified atom stereocenters. The molecule has 4 N–H and O–H groups in total. The number of ether oxygens (including phenoxy) is 2. The number of hydrogen-bond acceptors (Lipinski definition) is 7. The molecule has 0 radical (unpaired) electrons. The Hall–Kier alpha value is -2.16. The van der Waals surface area contributed by atoms with Crippen molar-refractivity contribution in [3.05, 3.63) is 29.8 Å². The Morgan fingerprint density at radius 2 is 1.76 bits per heavy atom. The average molecular weight is 412 g/mol. The molecule has 8 nitrogen and oxygen atoms in total. The second-order valence-electron chi connectivity index (χ2n) is 7.47. The Balaban J connectivity index is 2.81. The fraction of sp³-hybridized carbons (Fsp3) is 0.619. The van der Waals surface area contributed by atoms with Gasteiger partial charge in [-0.05, 0) is 50.3 Å². The third-order valence-electron chi connectivity index (χ3n) is 5.05. The molecule has 0 aliphatic rings. The van der Waals surface area contributed by atoms with E-state index in [0.29, 0.717) is 12.8 Å². The predicted molar refractivity (Wildman–Crippen MR) is 105 cm³/mol. The molecule has 0 saturated carbocycles. The lowest BCUT2D eigenvalue weighted by atomic mass is 9.88. The van der Waals surface area contributed by atoms with E-state index < -0.39 is 42.6 Å². The number of aromatic hydroxyl groups is 1. The Morgan fingerprint density at radius 3 is 2.28 bits per heavy atom. The van der Waals surface area contributed by atoms with E-state index in [9.17, 15) is 30.0 Å². The molecule has 0 heterocycles. The van der Waals surface area contributed by atoms with Gasteiger partial charge in [0.25, 0.3) is 0 Å². The second-order valence-corrected chi connectivity index (χ2v) is 7.47. The molecule has 0 bridgehead atoms. The molecule has 0 aromatic heterocycles. The molecule has 0 aliphatic carbocycles. The first-order valence-corrected chi connectivity index (χ1v) is 9.66. The summed E-state index contributed by atoms with van der Waals surface area (Å²) in [5.74, 6) is -2.98. The van der Waals surface area contributed by atoms with Crippen molar-refractivity contribution in [1.29, 1.82) is 0 Å². The van der Waals surface area contributed by atoms with Gasteiger partial charge in [0.2, 0.25) is 0 Å². The molecule has 1 aromatic rings. The molecule has 1 aromatic carbocycles. The van der Waals surface area contributed by atoms with Gasteiger partial charge in [-0.1, -0.05) is 19.1 Å². The molecule has 29 heavy (non-hydrogen) atoms. The number of aliphatic carboxylic acids is 1. The van der Waals surface area contributed by atoms with E-state index in [1.54, 1.807) is 32.2 Å². The molecule has 164 valence electrons. The van der Waals surface area contributed by atoms with Crippen molar-refractivity contribution >= 4 is 11.9 Å². The maximum absolute atomic E-state index is 12.1. The highest BCUT2D eigenvalue weighted by molar-refractivity contribution is 5.73. The molecule has 0 saturated heterocycles. The number of carboxylic acids is 1. The second kappa shape index (κ2) is 11.7. The highest BCUT2D eigenvalue weighted by Gasteiger charge is 2.33. The minimum absolute atomic E-state index is 0.126. The minimum atomic E-state index is -1.28. The quantitative estimate of drug-likeness (QED) is 0.384. The molecule has 0 aliphatic heterocycles. The van der Waals surface area contributed by atoms with Crippen molar-refractivity contribution in [3.63, 3.8) is 0 Å². The third kappa shape index (κ3) is 8.00. The molecule has 0 amide bonds. The van der Waals surface area contributed by atoms with Gasteiger partial charge >= 0.3 is 11.9 Å². The van der Waals surface area contributed by atoms with Gasteiger partial charge in [-0.2, -0.15) is 0 Å². The van der Waals surface area contributed by atoms with Gasteiger partial charge in [0, 0.05) is 7.11 Å². The lowest BCUT2D eigenvalue weighted by Gasteiger charge is -2.29. The number of aliphatic hydroxyl groups is 2. The van der Waals surface area contributed by atoms with Crippen molar-refractivity contribution in [1.82, 2.24) is 0 Å². The first-order valence-electron chi connectivity index (χ1n) is 9.66. The number of carbonyl (C=O) groups excluding carboxylic acids is 1. The lowest BCUT2D eigenvalue weighted by molar-refractivity contribution is -0.164. The van der Waals surface area contributed by atoms with Crippen LogP contribution in [0.15, 0.2) is 24.3 Å². The van der Waals surface area contributed by atoms with Crippen molar-refractivity contribution in [3.8, 4) is 5.75 Å². The molecule has 0 fully saturated rings. The average Bonchev–Trinajstić information content (AvgIpc) is 2.65. The Bertz CT molecular complexity index is 660. The zero-order valence-electron chi connectivity index (χ0n) is 17.3. The molecule has 6 atom stereocenters. The van der Waals surface area contributed by atoms with E-state index in [4.69, 9.17) is 9.47 Å². The Kier molecular flexibility index (Phi) is 10.1. The third-order valence-corrected chi connectivity index (χ3v) is 5.05. The van der Waals surface area contributed by atoms with Gasteiger partial charge in [0.15, 0.2) is 0 Å². The first kappa shape index (κ1) is 24.9. The topological polar surface area (TPSA) is 134 Å². The van der Waals surface area contributed by atoms with Crippen molar-refractivity contribution in [2.24, 2.45) is 11.8 Å². The zero-order valence-corrected chi connectivity index (χ0v) is 17.3. The van der Waals surface area contributed by atoms with Crippen LogP contribution in [0.3, 0.4) is 0 Å². The monoisotopic (exact) mass is 412 g/mol. The summed E-state index contributed by atoms with van der Waals surface area (Å²) in [7, 11) is 1.55. The fourth-order valence-corrected chi connectivity index (χ4v) is 3.12. The summed E-state index contributed by atoms with van der Waals surface area (Å²) in [6.07, 6.45) is -2.97. The van der Waals surface area contributed by atoms with E-state index in [1.807, 2.05) is 6.07 Å². The van der Waals surface area contributed by atoms with Gasteiger partial charge < -0.3 is 29.9 Å². The van der Waals surface area contributed by atoms with E-state index in [1.165, 1.54) is 13.8 Å². The maximum Gasteiger partial charge on any atom is 0.309 e. The standard InChI is InChI=1S/C21H32O8/c1-12(8-9-18(28-4)15-6-5-7-16(23)10-15)20(13(2)21(26)27)29-19(25)11-17(24)14(3)22/h5-7,10,12-14,17-18,20,22-24H,8-9,11H2,1-4H3,(H,26,27)/t12-,13+,14-,17-,18+,20+/m0/s1. The molecule has 1 rings (SSSR count). The maximum atomic E-state index is 12.1. The number of phenolic OH excluding ortho intramolecular Hbond substituents is 1. The van der Waals surface area contributed by atoms with Crippen molar-refractivity contribution < 1.29 is 39.5 Å². The van der Waals surface area contributed by atoms with Gasteiger partial charge in [-0.15, -0.1) is 0 Å². The van der Waals surface area contributed by atoms with Crippen LogP contribution in [0.2, 0.25) is 0 Å². The summed E-state index contributed by atoms with van der Waals surface area (Å²) in [5, 5.41) is 38.0. The molecular formula is C21H32O8. The van der Waals surface area contributed by atoms with Gasteiger partial charge in [0.1, 0.15) is 11.9 Å². The number of methoxy groups -OCH3 is 1. The van der Waals surface area contributed by atoms with Crippen LogP contribution in [-0.2, 0) is 19.1 Å². The number of hydrogen-bond donors (Lipinski definition) is 4. The molecule has 0 spiro atoms. The van der Waals surface area contributed by atoms with Crippen LogP contribution in [0.25, 0.3) is 0 Å². The SMILES string of the molecule is CO[C@H](CC[C@H](C)[C@@H](OC(=O)C[C@H](O)[C@H](C)O)[C@@H](C)C(=O)O)c1cccc(O)c1. The van der Waals surface area contributed by atoms with Crippen LogP contribution in [-0.4, -0.2) is 57.8 Å². The van der Waals surface area contributed by atoms with E-state index >= 15 is 0 Å². The summed E-state index contributed by atoms with van der Waals surface area (Å²) >= 11 is 0. The van der Waals surface area contributed by atoms with Crippen LogP contribution in [0, 0.1) is 11.8 Å². The number of benzene rings is 1. The number of esters is 1. The van der Waals surface area contributed by atoms with Crippen LogP contribution < -0.4 is 0 Å². The van der Waals surface area contributed by atoms with Crippen LogP contribution >= 0.6 is 0 Å². The minimum Gasteiger partial charge on any atom is -0.508 e. The summed E-state index contributed by atoms with van der Waals surface area (Å²) in [4.78, 5) is 23.6. The van der Waals surface area contributed by atoms with Crippen LogP contribution in [0.1, 0.15) is 51.7 Å². The molecule has 8 heteroatoms. The Labute approximate surface area is 171 Å². The summed E-state index contributed by atoms with van der Waals surface area (Å²) < 4.78 is 10.9. The predicted octanol–water partition coefficient (Wildman–Crippen LogP) is 2.26. The summed E-state index contributed by atoms with van der Waals surface area (Å²) in [6.45, 7) is 4.60. The summed E-state index contributed by atoms with van der Waals surface area (Å²) in [6, 6.07) is 6.70. The van der Waals surface area contributed by atoms with E-state index in [0.717, 1.165) is 5.56 Å². The van der Waals surface area contributed by atoms with Crippen LogP contribution in [0.4, 0.5) is 0 Å². The highest BCUT2D eigenvalue weighted by Crippen LogP contribution is 2.30.